The van der Waals surface area contributed by atoms with E-state index in [2.05, 4.69) is 16.0 Å². The van der Waals surface area contributed by atoms with Crippen LogP contribution in [-0.4, -0.2) is 197 Å². The van der Waals surface area contributed by atoms with E-state index in [1.165, 1.54) is 56.9 Å². The van der Waals surface area contributed by atoms with Crippen molar-refractivity contribution in [2.45, 2.75) is 170 Å². The Morgan fingerprint density at radius 3 is 1.74 bits per heavy atom. The van der Waals surface area contributed by atoms with Gasteiger partial charge in [0, 0.05) is 60.5 Å². The summed E-state index contributed by atoms with van der Waals surface area (Å²) in [6, 6.07) is -7.20. The van der Waals surface area contributed by atoms with E-state index in [1.807, 2.05) is 27.7 Å². The molecule has 0 fully saturated rings. The molecule has 8 atom stereocenters. The van der Waals surface area contributed by atoms with E-state index >= 15 is 0 Å². The number of amides is 10. The molecule has 1 heterocycles. The van der Waals surface area contributed by atoms with Crippen LogP contribution in [0.2, 0.25) is 0 Å². The third-order valence-electron chi connectivity index (χ3n) is 12.7. The van der Waals surface area contributed by atoms with Crippen molar-refractivity contribution in [3.05, 3.63) is 24.3 Å². The van der Waals surface area contributed by atoms with Gasteiger partial charge in [-0.2, -0.15) is 0 Å². The molecule has 0 aromatic heterocycles. The lowest BCUT2D eigenvalue weighted by Gasteiger charge is -2.41. The van der Waals surface area contributed by atoms with Crippen LogP contribution < -0.4 is 16.0 Å². The van der Waals surface area contributed by atoms with Crippen LogP contribution in [-0.2, 0) is 47.9 Å². The molecule has 1 aliphatic rings. The number of nitrogens with zero attached hydrogens (tertiary/aromatic N) is 6. The summed E-state index contributed by atoms with van der Waals surface area (Å²) in [5, 5.41) is 19.7. The highest BCUT2D eigenvalue weighted by Crippen LogP contribution is 2.25. The van der Waals surface area contributed by atoms with Gasteiger partial charge in [-0.1, -0.05) is 67.5 Å². The van der Waals surface area contributed by atoms with Crippen molar-refractivity contribution in [1.29, 1.82) is 0 Å². The van der Waals surface area contributed by atoms with E-state index in [-0.39, 0.29) is 44.2 Å². The predicted octanol–water partition coefficient (Wildman–Crippen LogP) is 2.70. The molecule has 0 radical (unpaired) electrons. The van der Waals surface area contributed by atoms with Crippen LogP contribution in [0.5, 0.6) is 0 Å². The van der Waals surface area contributed by atoms with Gasteiger partial charge in [0.15, 0.2) is 0 Å². The van der Waals surface area contributed by atoms with Crippen LogP contribution in [0, 0.1) is 23.7 Å². The highest BCUT2D eigenvalue weighted by atomic mass is 16.6. The Bertz CT molecular complexity index is 1980. The molecular formula is C52H89N9O12. The number of nitrogens with one attached hydrogen (secondary N) is 3. The summed E-state index contributed by atoms with van der Waals surface area (Å²) in [4.78, 5) is 143. The zero-order valence-corrected chi connectivity index (χ0v) is 46.9. The van der Waals surface area contributed by atoms with Gasteiger partial charge in [0.1, 0.15) is 41.9 Å². The minimum atomic E-state index is -1.57. The Labute approximate surface area is 434 Å². The lowest BCUT2D eigenvalue weighted by atomic mass is 9.91. The number of aliphatic hydroxyl groups is 1. The van der Waals surface area contributed by atoms with Crippen molar-refractivity contribution in [1.82, 2.24) is 45.3 Å². The van der Waals surface area contributed by atoms with Crippen molar-refractivity contribution in [2.75, 3.05) is 54.9 Å². The quantitative estimate of drug-likeness (QED) is 0.0652. The van der Waals surface area contributed by atoms with Crippen LogP contribution in [0.15, 0.2) is 24.3 Å². The average molecular weight is 1030 g/mol. The topological polar surface area (TPSA) is 256 Å². The van der Waals surface area contributed by atoms with E-state index < -0.39 is 126 Å². The molecule has 0 aromatic rings. The molecule has 21 heteroatoms. The molecule has 0 saturated heterocycles. The van der Waals surface area contributed by atoms with Gasteiger partial charge in [0.2, 0.25) is 41.4 Å². The van der Waals surface area contributed by atoms with Gasteiger partial charge in [-0.3, -0.25) is 48.1 Å². The first kappa shape index (κ1) is 65.2. The molecule has 0 aromatic carbocycles. The number of ether oxygens (including phenoxy) is 1. The van der Waals surface area contributed by atoms with Crippen LogP contribution in [0.1, 0.15) is 122 Å². The zero-order chi connectivity index (χ0) is 56.4. The Morgan fingerprint density at radius 1 is 0.712 bits per heavy atom. The lowest BCUT2D eigenvalue weighted by molar-refractivity contribution is -0.157. The van der Waals surface area contributed by atoms with E-state index in [0.717, 1.165) is 26.9 Å². The summed E-state index contributed by atoms with van der Waals surface area (Å²) in [5.74, 6) is -6.55. The third kappa shape index (κ3) is 19.8. The fourth-order valence-electron chi connectivity index (χ4n) is 8.39. The fraction of sp³-hybridized carbons (Fsp3) is 0.731. The number of rotatable bonds is 28. The smallest absolute Gasteiger partial charge is 0.408 e. The van der Waals surface area contributed by atoms with Gasteiger partial charge in [-0.25, -0.2) is 4.79 Å². The second-order valence-electron chi connectivity index (χ2n) is 21.4. The monoisotopic (exact) mass is 1030 g/mol. The van der Waals surface area contributed by atoms with Gasteiger partial charge in [-0.15, -0.1) is 0 Å². The SMILES string of the molecule is C/C=C/C[C@@H](C)[C@@H](O)[C@@H](C(=O)N[C@@H](CC)C(=O)N(C)CC(=O)NCCN1C(=O)C=CC1=O)N(C)C(=O)[C@H](C(C)C)N(C)C(=O)[C@H](CCC(C)C)N(C)C(=O)[C@H](CC(C)C)N(C)C(=O)[C@@H](C)NC(=O)OC(C)(C)C. The summed E-state index contributed by atoms with van der Waals surface area (Å²) in [6.45, 7) is 22.4. The largest absolute Gasteiger partial charge is 0.444 e. The third-order valence-corrected chi connectivity index (χ3v) is 12.7. The molecule has 21 nitrogen and oxygen atoms in total. The Kier molecular flexibility index (Phi) is 26.5. The first-order valence-electron chi connectivity index (χ1n) is 25.4. The number of carbonyl (C=O) groups excluding carboxylic acids is 10. The normalized spacial score (nSPS) is 16.1. The maximum absolute atomic E-state index is 15.0. The number of alkyl carbamates (subject to hydrolysis) is 1. The lowest BCUT2D eigenvalue weighted by Crippen LogP contribution is -2.63. The Balaban J connectivity index is 3.58. The molecule has 0 bridgehead atoms. The van der Waals surface area contributed by atoms with Crippen LogP contribution >= 0.6 is 0 Å². The minimum Gasteiger partial charge on any atom is -0.444 e. The first-order valence-corrected chi connectivity index (χ1v) is 25.4. The number of allylic oxidation sites excluding steroid dienone is 2. The van der Waals surface area contributed by atoms with Crippen molar-refractivity contribution >= 4 is 59.3 Å². The molecule has 0 spiro atoms. The number of hydrogen-bond acceptors (Lipinski definition) is 12. The second kappa shape index (κ2) is 29.7. The molecule has 4 N–H and O–H groups in total. The summed E-state index contributed by atoms with van der Waals surface area (Å²) in [6.07, 6.45) is 4.91. The standard InChI is InChI=1S/C52H89N9O12/c1-19-21-22-34(9)44(65)43(45(66)55-36(20-2)47(68)56(14)30-39(62)53-27-28-61-40(63)25-26-41(61)64)60(18)50(71)42(33(7)8)59(17)48(69)37(24-23-31(3)4)57(15)49(70)38(29-32(5)6)58(16)46(67)35(10)54-51(72)73-52(11,12)13/h19,21,25-26,31-38,42-44,65H,20,22-24,27-30H2,1-18H3,(H,53,62)(H,54,72)(H,55,66)/b21-19+/t34-,35-,36+,37+,38+,42+,43+,44-/m1/s1. The average Bonchev–Trinajstić information content (AvgIpc) is 3.61. The number of imide groups is 1. The van der Waals surface area contributed by atoms with Crippen LogP contribution in [0.3, 0.4) is 0 Å². The van der Waals surface area contributed by atoms with Crippen LogP contribution in [0.4, 0.5) is 4.79 Å². The van der Waals surface area contributed by atoms with Gasteiger partial charge in [0.05, 0.1) is 12.6 Å². The molecule has 0 aliphatic carbocycles. The van der Waals surface area contributed by atoms with Gasteiger partial charge >= 0.3 is 6.09 Å². The van der Waals surface area contributed by atoms with Crippen molar-refractivity contribution in [2.24, 2.45) is 23.7 Å². The number of aliphatic hydroxyl groups excluding tert-OH is 1. The van der Waals surface area contributed by atoms with Crippen molar-refractivity contribution in [3.8, 4) is 0 Å². The Hall–Kier alpha value is -5.86. The molecule has 0 unspecified atom stereocenters. The summed E-state index contributed by atoms with van der Waals surface area (Å²) < 4.78 is 5.33. The number of carbonyl (C=O) groups is 10. The van der Waals surface area contributed by atoms with E-state index in [0.29, 0.717) is 12.8 Å². The summed E-state index contributed by atoms with van der Waals surface area (Å²) in [5.41, 5.74) is -0.815. The molecule has 0 saturated carbocycles. The highest BCUT2D eigenvalue weighted by molar-refractivity contribution is 6.13. The van der Waals surface area contributed by atoms with Gasteiger partial charge in [-0.05, 0) is 90.4 Å². The van der Waals surface area contributed by atoms with Gasteiger partial charge in [0.25, 0.3) is 11.8 Å². The maximum atomic E-state index is 15.0. The molecule has 1 aliphatic heterocycles. The van der Waals surface area contributed by atoms with E-state index in [9.17, 15) is 53.1 Å². The zero-order valence-electron chi connectivity index (χ0n) is 46.9. The van der Waals surface area contributed by atoms with E-state index in [4.69, 9.17) is 4.74 Å². The maximum Gasteiger partial charge on any atom is 0.408 e. The summed E-state index contributed by atoms with van der Waals surface area (Å²) >= 11 is 0. The highest BCUT2D eigenvalue weighted by Gasteiger charge is 2.44. The molecular weight excluding hydrogens is 943 g/mol. The minimum absolute atomic E-state index is 0.0548. The molecule has 10 amide bonds. The van der Waals surface area contributed by atoms with Crippen molar-refractivity contribution in [3.63, 3.8) is 0 Å². The number of likely N-dealkylation sites (N-methyl/N-ethyl adjacent to an activating group) is 5. The summed E-state index contributed by atoms with van der Waals surface area (Å²) in [7, 11) is 7.12. The van der Waals surface area contributed by atoms with Crippen molar-refractivity contribution < 1.29 is 57.8 Å². The van der Waals surface area contributed by atoms with E-state index in [1.54, 1.807) is 67.5 Å². The molecule has 414 valence electrons. The molecule has 73 heavy (non-hydrogen) atoms. The first-order chi connectivity index (χ1) is 33.7. The Morgan fingerprint density at radius 2 is 1.25 bits per heavy atom. The van der Waals surface area contributed by atoms with Gasteiger partial charge < -0.3 is 50.3 Å². The molecule has 1 rings (SSSR count). The number of hydrogen-bond donors (Lipinski definition) is 4. The predicted molar refractivity (Wildman–Crippen MR) is 277 cm³/mol. The second-order valence-corrected chi connectivity index (χ2v) is 21.4. The fourth-order valence-corrected chi connectivity index (χ4v) is 8.39. The van der Waals surface area contributed by atoms with Crippen LogP contribution in [0.25, 0.3) is 0 Å².